The zero-order valence-electron chi connectivity index (χ0n) is 16.5. The smallest absolute Gasteiger partial charge is 0.358 e. The van der Waals surface area contributed by atoms with Crippen molar-refractivity contribution in [3.05, 3.63) is 56.6 Å². The first-order chi connectivity index (χ1) is 12.0. The van der Waals surface area contributed by atoms with Crippen LogP contribution in [-0.2, 0) is 37.7 Å². The van der Waals surface area contributed by atoms with Crippen molar-refractivity contribution in [3.63, 3.8) is 0 Å². The third-order valence-electron chi connectivity index (χ3n) is 4.46. The molecule has 1 aliphatic heterocycles. The molecule has 0 saturated carbocycles. The van der Waals surface area contributed by atoms with Gasteiger partial charge in [0.15, 0.2) is 0 Å². The molecule has 28 heavy (non-hydrogen) atoms. The van der Waals surface area contributed by atoms with Gasteiger partial charge in [-0.3, -0.25) is 4.79 Å². The average molecular weight is 642 g/mol. The van der Waals surface area contributed by atoms with Crippen LogP contribution in [0.1, 0.15) is 23.8 Å². The number of nitrogens with one attached hydrogen (secondary N) is 1. The number of rotatable bonds is 4. The number of carbonyl (C=O) groups is 2. The van der Waals surface area contributed by atoms with Crippen LogP contribution in [0.15, 0.2) is 36.7 Å². The average Bonchev–Trinajstić information content (AvgIpc) is 3.23. The van der Waals surface area contributed by atoms with Crippen molar-refractivity contribution >= 4 is 24.4 Å². The van der Waals surface area contributed by atoms with Gasteiger partial charge in [0.1, 0.15) is 11.9 Å². The van der Waals surface area contributed by atoms with Gasteiger partial charge >= 0.3 is 58.2 Å². The van der Waals surface area contributed by atoms with Gasteiger partial charge in [0, 0.05) is 52.6 Å². The molecule has 3 rings (SSSR count). The Balaban J connectivity index is 0.00000243. The molecule has 6 nitrogen and oxygen atoms in total. The van der Waals surface area contributed by atoms with Gasteiger partial charge in [0.25, 0.3) is 0 Å². The van der Waals surface area contributed by atoms with E-state index in [1.807, 2.05) is 42.1 Å². The standard InChI is InChI=1S/C18H21N4O2S.CH3.Rb.W/c1-12(23)22-10-3-4-15(22)17(24)20-18(25)14-7-5-13(6-8-14)16-19-9-11-21(16)2;;;/h5-9,11,15,18,25H,1,3-4,10H2,2H3,(H,20,24);1H3;;/q2*-1;+1;. The Morgan fingerprint density at radius 3 is 2.50 bits per heavy atom. The predicted octanol–water partition coefficient (Wildman–Crippen LogP) is -0.591. The van der Waals surface area contributed by atoms with Gasteiger partial charge in [0.2, 0.25) is 5.91 Å². The molecule has 2 atom stereocenters. The van der Waals surface area contributed by atoms with Crippen LogP contribution >= 0.6 is 12.6 Å². The van der Waals surface area contributed by atoms with E-state index in [0.717, 1.165) is 23.4 Å². The normalized spacial score (nSPS) is 16.2. The van der Waals surface area contributed by atoms with E-state index in [4.69, 9.17) is 0 Å². The molecular weight excluding hydrogens is 618 g/mol. The van der Waals surface area contributed by atoms with Crippen molar-refractivity contribution in [2.75, 3.05) is 6.54 Å². The van der Waals surface area contributed by atoms with Gasteiger partial charge in [-0.25, -0.2) is 4.98 Å². The first-order valence-corrected chi connectivity index (χ1v) is 8.67. The van der Waals surface area contributed by atoms with Crippen LogP contribution < -0.4 is 63.5 Å². The molecule has 0 spiro atoms. The van der Waals surface area contributed by atoms with Crippen LogP contribution in [0, 0.1) is 14.4 Å². The summed E-state index contributed by atoms with van der Waals surface area (Å²) in [5.74, 6) is 0.373. The van der Waals surface area contributed by atoms with E-state index in [0.29, 0.717) is 13.0 Å². The van der Waals surface area contributed by atoms with Crippen LogP contribution in [0.2, 0.25) is 0 Å². The van der Waals surface area contributed by atoms with E-state index < -0.39 is 11.4 Å². The van der Waals surface area contributed by atoms with E-state index in [1.54, 1.807) is 6.20 Å². The molecule has 2 aromatic rings. The number of benzene rings is 1. The minimum atomic E-state index is -0.452. The second kappa shape index (κ2) is 12.7. The van der Waals surface area contributed by atoms with Crippen molar-refractivity contribution in [2.45, 2.75) is 24.3 Å². The van der Waals surface area contributed by atoms with Gasteiger partial charge < -0.3 is 33.9 Å². The minimum Gasteiger partial charge on any atom is -0.358 e. The van der Waals surface area contributed by atoms with Crippen molar-refractivity contribution in [1.82, 2.24) is 19.8 Å². The topological polar surface area (TPSA) is 67.2 Å². The fourth-order valence-electron chi connectivity index (χ4n) is 3.11. The number of likely N-dealkylation sites (tertiary alicyclic amines) is 1. The third kappa shape index (κ3) is 6.54. The number of hydrogen-bond acceptors (Lipinski definition) is 4. The second-order valence-electron chi connectivity index (χ2n) is 6.14. The second-order valence-corrected chi connectivity index (χ2v) is 6.66. The molecular formula is C19H24N4O2RbSW-. The number of imidazole rings is 1. The van der Waals surface area contributed by atoms with Crippen molar-refractivity contribution < 1.29 is 88.8 Å². The number of hydrogen-bond donors (Lipinski definition) is 2. The summed E-state index contributed by atoms with van der Waals surface area (Å²) in [7, 11) is 1.94. The molecule has 146 valence electrons. The summed E-state index contributed by atoms with van der Waals surface area (Å²) in [6, 6.07) is 7.29. The minimum absolute atomic E-state index is 0. The molecule has 9 heteroatoms. The van der Waals surface area contributed by atoms with Gasteiger partial charge in [-0.05, 0) is 18.4 Å². The van der Waals surface area contributed by atoms with Crippen LogP contribution in [-0.4, -0.2) is 38.9 Å². The van der Waals surface area contributed by atoms with Gasteiger partial charge in [-0.15, -0.1) is 12.6 Å². The third-order valence-corrected chi connectivity index (χ3v) is 4.89. The molecule has 0 radical (unpaired) electrons. The molecule has 1 fully saturated rings. The van der Waals surface area contributed by atoms with Crippen molar-refractivity contribution in [1.29, 1.82) is 0 Å². The quantitative estimate of drug-likeness (QED) is 0.267. The Kier molecular flexibility index (Phi) is 12.7. The number of nitrogens with zero attached hydrogens (tertiary/aromatic N) is 3. The SMILES string of the molecule is [CH2-]C(=O)N1CCCC1C(=O)NC(S)c1ccc(-c2nccn2C)cc1.[CH3-].[Rb+].[W]. The number of thiol groups is 1. The summed E-state index contributed by atoms with van der Waals surface area (Å²) in [5.41, 5.74) is 1.87. The Morgan fingerprint density at radius 2 is 1.96 bits per heavy atom. The molecule has 0 aliphatic carbocycles. The number of aryl methyl sites for hydroxylation is 1. The number of amides is 2. The zero-order valence-corrected chi connectivity index (χ0v) is 25.2. The maximum Gasteiger partial charge on any atom is 1.00 e. The van der Waals surface area contributed by atoms with Crippen LogP contribution in [0.25, 0.3) is 11.4 Å². The molecule has 1 aliphatic rings. The molecule has 0 bridgehead atoms. The van der Waals surface area contributed by atoms with E-state index in [9.17, 15) is 9.59 Å². The fraction of sp³-hybridized carbons (Fsp3) is 0.316. The summed E-state index contributed by atoms with van der Waals surface area (Å²) in [5, 5.41) is 2.43. The van der Waals surface area contributed by atoms with E-state index in [2.05, 4.69) is 29.9 Å². The number of aromatic nitrogens is 2. The molecule has 2 amide bonds. The predicted molar refractivity (Wildman–Crippen MR) is 105 cm³/mol. The monoisotopic (exact) mass is 641 g/mol. The maximum atomic E-state index is 12.4. The first kappa shape index (κ1) is 28.1. The largest absolute Gasteiger partial charge is 1.00 e. The summed E-state index contributed by atoms with van der Waals surface area (Å²) in [6.45, 7) is 3.99. The van der Waals surface area contributed by atoms with E-state index in [-0.39, 0.29) is 98.5 Å². The van der Waals surface area contributed by atoms with E-state index >= 15 is 0 Å². The summed E-state index contributed by atoms with van der Waals surface area (Å²) < 4.78 is 1.94. The Hall–Kier alpha value is 0.0835. The first-order valence-electron chi connectivity index (χ1n) is 8.16. The Labute approximate surface area is 235 Å². The Bertz CT molecular complexity index is 784. The van der Waals surface area contributed by atoms with Crippen LogP contribution in [0.5, 0.6) is 0 Å². The number of carbonyl (C=O) groups excluding carboxylic acids is 2. The summed E-state index contributed by atoms with van der Waals surface area (Å²) in [4.78, 5) is 29.8. The molecule has 1 saturated heterocycles. The van der Waals surface area contributed by atoms with Gasteiger partial charge in [-0.2, -0.15) is 0 Å². The molecule has 1 N–H and O–H groups in total. The van der Waals surface area contributed by atoms with Gasteiger partial charge in [0.05, 0.1) is 11.3 Å². The molecule has 2 unspecified atom stereocenters. The van der Waals surface area contributed by atoms with Crippen molar-refractivity contribution in [2.24, 2.45) is 7.05 Å². The Morgan fingerprint density at radius 1 is 1.32 bits per heavy atom. The zero-order chi connectivity index (χ0) is 18.0. The summed E-state index contributed by atoms with van der Waals surface area (Å²) in [6.07, 6.45) is 5.12. The maximum absolute atomic E-state index is 12.4. The summed E-state index contributed by atoms with van der Waals surface area (Å²) >= 11 is 4.49. The van der Waals surface area contributed by atoms with E-state index in [1.165, 1.54) is 4.90 Å². The fourth-order valence-corrected chi connectivity index (χ4v) is 3.41. The molecule has 1 aromatic carbocycles. The van der Waals surface area contributed by atoms with Gasteiger partial charge in [-0.1, -0.05) is 24.3 Å². The molecule has 2 heterocycles. The molecule has 1 aromatic heterocycles. The van der Waals surface area contributed by atoms with Crippen LogP contribution in [0.3, 0.4) is 0 Å². The van der Waals surface area contributed by atoms with Crippen LogP contribution in [0.4, 0.5) is 0 Å². The van der Waals surface area contributed by atoms with Crippen molar-refractivity contribution in [3.8, 4) is 11.4 Å².